The van der Waals surface area contributed by atoms with Crippen LogP contribution in [0.4, 0.5) is 4.39 Å². The summed E-state index contributed by atoms with van der Waals surface area (Å²) in [5, 5.41) is 2.84. The van der Waals surface area contributed by atoms with E-state index in [0.29, 0.717) is 5.56 Å². The summed E-state index contributed by atoms with van der Waals surface area (Å²) in [6, 6.07) is 15.0. The lowest BCUT2D eigenvalue weighted by Gasteiger charge is -2.18. The minimum atomic E-state index is -1.02. The molecule has 0 spiro atoms. The van der Waals surface area contributed by atoms with Crippen LogP contribution < -0.4 is 5.32 Å². The maximum atomic E-state index is 13.7. The predicted octanol–water partition coefficient (Wildman–Crippen LogP) is 2.93. The Labute approximate surface area is 139 Å². The van der Waals surface area contributed by atoms with Crippen LogP contribution in [0.3, 0.4) is 0 Å². The van der Waals surface area contributed by atoms with Gasteiger partial charge in [0.25, 0.3) is 5.91 Å². The molecule has 3 rings (SSSR count). The zero-order chi connectivity index (χ0) is 16.9. The Balaban J connectivity index is 1.72. The molecule has 2 aromatic carbocycles. The van der Waals surface area contributed by atoms with E-state index in [-0.39, 0.29) is 23.9 Å². The van der Waals surface area contributed by atoms with Crippen LogP contribution in [0.5, 0.6) is 0 Å². The number of ether oxygens (including phenoxy) is 1. The van der Waals surface area contributed by atoms with Gasteiger partial charge in [-0.15, -0.1) is 0 Å². The van der Waals surface area contributed by atoms with E-state index < -0.39 is 17.9 Å². The molecular formula is C19H18FNO3. The molecule has 0 saturated heterocycles. The van der Waals surface area contributed by atoms with E-state index in [9.17, 15) is 14.0 Å². The van der Waals surface area contributed by atoms with Crippen LogP contribution in [0, 0.1) is 5.82 Å². The fourth-order valence-electron chi connectivity index (χ4n) is 2.38. The molecule has 1 atom stereocenters. The van der Waals surface area contributed by atoms with E-state index in [1.807, 2.05) is 6.07 Å². The second kappa shape index (κ2) is 7.25. The van der Waals surface area contributed by atoms with Gasteiger partial charge in [0.05, 0.1) is 6.42 Å². The molecule has 0 aromatic heterocycles. The summed E-state index contributed by atoms with van der Waals surface area (Å²) in [7, 11) is 0. The topological polar surface area (TPSA) is 55.4 Å². The molecule has 0 bridgehead atoms. The zero-order valence-corrected chi connectivity index (χ0v) is 13.1. The summed E-state index contributed by atoms with van der Waals surface area (Å²) < 4.78 is 19.0. The fraction of sp³-hybridized carbons (Fsp3) is 0.263. The maximum absolute atomic E-state index is 13.7. The lowest BCUT2D eigenvalue weighted by molar-refractivity contribution is -0.156. The van der Waals surface area contributed by atoms with Crippen molar-refractivity contribution >= 4 is 11.9 Å². The number of nitrogens with one attached hydrogen (secondary N) is 1. The number of hydrogen-bond donors (Lipinski definition) is 1. The first kappa shape index (κ1) is 16.2. The van der Waals surface area contributed by atoms with Gasteiger partial charge < -0.3 is 10.1 Å². The summed E-state index contributed by atoms with van der Waals surface area (Å²) in [6.07, 6.45) is 0.644. The lowest BCUT2D eigenvalue weighted by Crippen LogP contribution is -2.33. The first-order valence-corrected chi connectivity index (χ1v) is 7.91. The van der Waals surface area contributed by atoms with E-state index >= 15 is 0 Å². The van der Waals surface area contributed by atoms with Crippen LogP contribution >= 0.6 is 0 Å². The number of carbonyl (C=O) groups excluding carboxylic acids is 2. The van der Waals surface area contributed by atoms with Gasteiger partial charge >= 0.3 is 5.97 Å². The number of hydrogen-bond acceptors (Lipinski definition) is 3. The Morgan fingerprint density at radius 1 is 1.08 bits per heavy atom. The summed E-state index contributed by atoms with van der Waals surface area (Å²) in [4.78, 5) is 24.6. The molecule has 5 heteroatoms. The molecule has 1 N–H and O–H groups in total. The summed E-state index contributed by atoms with van der Waals surface area (Å²) in [5.74, 6) is -1.45. The maximum Gasteiger partial charge on any atom is 0.311 e. The van der Waals surface area contributed by atoms with Crippen molar-refractivity contribution in [3.63, 3.8) is 0 Å². The highest BCUT2D eigenvalue weighted by Gasteiger charge is 2.30. The molecule has 1 aliphatic carbocycles. The predicted molar refractivity (Wildman–Crippen MR) is 86.5 cm³/mol. The molecule has 1 fully saturated rings. The van der Waals surface area contributed by atoms with Gasteiger partial charge in [-0.05, 0) is 24.5 Å². The molecular weight excluding hydrogens is 309 g/mol. The SMILES string of the molecule is O=C(Cc1ccccc1F)O[C@@H](C(=O)NC1CC1)c1ccccc1. The Kier molecular flexibility index (Phi) is 4.89. The standard InChI is InChI=1S/C19H18FNO3/c20-16-9-5-4-8-14(16)12-17(22)24-18(13-6-2-1-3-7-13)19(23)21-15-10-11-15/h1-9,15,18H,10-12H2,(H,21,23)/t18-/m1/s1. The molecule has 124 valence electrons. The Bertz CT molecular complexity index is 728. The van der Waals surface area contributed by atoms with Gasteiger partial charge in [-0.3, -0.25) is 9.59 Å². The average Bonchev–Trinajstić information content (AvgIpc) is 3.39. The smallest absolute Gasteiger partial charge is 0.311 e. The fourth-order valence-corrected chi connectivity index (χ4v) is 2.38. The third-order valence-corrected chi connectivity index (χ3v) is 3.81. The number of benzene rings is 2. The highest BCUT2D eigenvalue weighted by atomic mass is 19.1. The summed E-state index contributed by atoms with van der Waals surface area (Å²) in [6.45, 7) is 0. The van der Waals surface area contributed by atoms with Crippen molar-refractivity contribution in [2.45, 2.75) is 31.4 Å². The molecule has 1 amide bonds. The highest BCUT2D eigenvalue weighted by molar-refractivity contribution is 5.85. The van der Waals surface area contributed by atoms with Crippen LogP contribution in [0.2, 0.25) is 0 Å². The third-order valence-electron chi connectivity index (χ3n) is 3.81. The Morgan fingerprint density at radius 2 is 1.75 bits per heavy atom. The number of rotatable bonds is 6. The molecule has 0 aliphatic heterocycles. The van der Waals surface area contributed by atoms with Crippen molar-refractivity contribution in [1.29, 1.82) is 0 Å². The van der Waals surface area contributed by atoms with Crippen LogP contribution in [-0.4, -0.2) is 17.9 Å². The quantitative estimate of drug-likeness (QED) is 0.830. The second-order valence-electron chi connectivity index (χ2n) is 5.83. The van der Waals surface area contributed by atoms with Crippen LogP contribution in [0.25, 0.3) is 0 Å². The van der Waals surface area contributed by atoms with Crippen LogP contribution in [-0.2, 0) is 20.7 Å². The van der Waals surface area contributed by atoms with E-state index in [4.69, 9.17) is 4.74 Å². The number of amides is 1. The molecule has 24 heavy (non-hydrogen) atoms. The Hall–Kier alpha value is -2.69. The summed E-state index contributed by atoms with van der Waals surface area (Å²) >= 11 is 0. The lowest BCUT2D eigenvalue weighted by atomic mass is 10.1. The molecule has 1 saturated carbocycles. The van der Waals surface area contributed by atoms with E-state index in [1.165, 1.54) is 12.1 Å². The molecule has 2 aromatic rings. The first-order chi connectivity index (χ1) is 11.6. The van der Waals surface area contributed by atoms with Crippen molar-refractivity contribution in [3.8, 4) is 0 Å². The van der Waals surface area contributed by atoms with Gasteiger partial charge in [-0.1, -0.05) is 48.5 Å². The molecule has 4 nitrogen and oxygen atoms in total. The van der Waals surface area contributed by atoms with Crippen molar-refractivity contribution in [2.75, 3.05) is 0 Å². The van der Waals surface area contributed by atoms with Gasteiger partial charge in [0.15, 0.2) is 0 Å². The molecule has 0 radical (unpaired) electrons. The third kappa shape index (κ3) is 4.19. The van der Waals surface area contributed by atoms with Crippen molar-refractivity contribution in [2.24, 2.45) is 0 Å². The average molecular weight is 327 g/mol. The van der Waals surface area contributed by atoms with Gasteiger partial charge in [0, 0.05) is 11.6 Å². The number of esters is 1. The monoisotopic (exact) mass is 327 g/mol. The Morgan fingerprint density at radius 3 is 2.42 bits per heavy atom. The number of carbonyl (C=O) groups is 2. The molecule has 1 aliphatic rings. The van der Waals surface area contributed by atoms with Crippen LogP contribution in [0.15, 0.2) is 54.6 Å². The van der Waals surface area contributed by atoms with Crippen LogP contribution in [0.1, 0.15) is 30.1 Å². The summed E-state index contributed by atoms with van der Waals surface area (Å²) in [5.41, 5.74) is 0.842. The second-order valence-corrected chi connectivity index (χ2v) is 5.83. The highest BCUT2D eigenvalue weighted by Crippen LogP contribution is 2.23. The van der Waals surface area contributed by atoms with Gasteiger partial charge in [0.1, 0.15) is 5.82 Å². The van der Waals surface area contributed by atoms with Gasteiger partial charge in [-0.2, -0.15) is 0 Å². The normalized spacial score (nSPS) is 14.7. The van der Waals surface area contributed by atoms with Crippen molar-refractivity contribution in [1.82, 2.24) is 5.32 Å². The minimum absolute atomic E-state index is 0.161. The van der Waals surface area contributed by atoms with E-state index in [1.54, 1.807) is 36.4 Å². The van der Waals surface area contributed by atoms with Gasteiger partial charge in [0.2, 0.25) is 6.10 Å². The zero-order valence-electron chi connectivity index (χ0n) is 13.1. The number of halogens is 1. The van der Waals surface area contributed by atoms with Gasteiger partial charge in [-0.25, -0.2) is 4.39 Å². The first-order valence-electron chi connectivity index (χ1n) is 7.91. The molecule has 0 unspecified atom stereocenters. The van der Waals surface area contributed by atoms with E-state index in [0.717, 1.165) is 12.8 Å². The van der Waals surface area contributed by atoms with Crippen molar-refractivity contribution in [3.05, 3.63) is 71.5 Å². The van der Waals surface area contributed by atoms with E-state index in [2.05, 4.69) is 5.32 Å². The largest absolute Gasteiger partial charge is 0.447 e. The van der Waals surface area contributed by atoms with Crippen molar-refractivity contribution < 1.29 is 18.7 Å². The minimum Gasteiger partial charge on any atom is -0.447 e. The molecule has 0 heterocycles.